The third-order valence-corrected chi connectivity index (χ3v) is 8.29. The Hall–Kier alpha value is -3.53. The van der Waals surface area contributed by atoms with Crippen LogP contribution in [-0.2, 0) is 22.5 Å². The number of hydrogen-bond donors (Lipinski definition) is 2. The van der Waals surface area contributed by atoms with E-state index in [-0.39, 0.29) is 31.3 Å². The molecule has 0 radical (unpaired) electrons. The molecule has 4 aromatic carbocycles. The fourth-order valence-corrected chi connectivity index (χ4v) is 5.48. The predicted molar refractivity (Wildman–Crippen MR) is 167 cm³/mol. The lowest BCUT2D eigenvalue weighted by Gasteiger charge is -2.31. The van der Waals surface area contributed by atoms with Gasteiger partial charge in [-0.05, 0) is 71.3 Å². The molecule has 0 fully saturated rings. The zero-order chi connectivity index (χ0) is 29.5. The second-order valence-electron chi connectivity index (χ2n) is 9.92. The van der Waals surface area contributed by atoms with Gasteiger partial charge in [0.25, 0.3) is 5.91 Å². The summed E-state index contributed by atoms with van der Waals surface area (Å²) in [5.74, 6) is 0.351. The molecular formula is C33H29Br2FN2O4. The van der Waals surface area contributed by atoms with Gasteiger partial charge in [0.15, 0.2) is 11.6 Å². The molecule has 2 N–H and O–H groups in total. The van der Waals surface area contributed by atoms with Crippen molar-refractivity contribution in [2.45, 2.75) is 31.0 Å². The van der Waals surface area contributed by atoms with Gasteiger partial charge in [-0.2, -0.15) is 0 Å². The van der Waals surface area contributed by atoms with Crippen LogP contribution in [0.25, 0.3) is 0 Å². The first-order valence-corrected chi connectivity index (χ1v) is 15.1. The highest BCUT2D eigenvalue weighted by atomic mass is 79.9. The zero-order valence-corrected chi connectivity index (χ0v) is 25.8. The van der Waals surface area contributed by atoms with Crippen molar-refractivity contribution in [1.82, 2.24) is 5.32 Å². The third-order valence-electron chi connectivity index (χ3n) is 6.99. The fourth-order valence-electron chi connectivity index (χ4n) is 4.79. The van der Waals surface area contributed by atoms with Crippen LogP contribution in [0.15, 0.2) is 111 Å². The van der Waals surface area contributed by atoms with E-state index in [0.717, 1.165) is 25.6 Å². The predicted octanol–water partition coefficient (Wildman–Crippen LogP) is 6.93. The molecule has 1 heterocycles. The number of benzene rings is 4. The molecule has 1 aliphatic heterocycles. The summed E-state index contributed by atoms with van der Waals surface area (Å²) >= 11 is 7.15. The minimum atomic E-state index is -1.36. The molecule has 9 heteroatoms. The van der Waals surface area contributed by atoms with Crippen molar-refractivity contribution in [2.24, 2.45) is 4.99 Å². The van der Waals surface area contributed by atoms with E-state index in [9.17, 15) is 9.18 Å². The number of aliphatic hydroxyl groups excluding tert-OH is 1. The molecular weight excluding hydrogens is 667 g/mol. The van der Waals surface area contributed by atoms with Crippen LogP contribution in [-0.4, -0.2) is 35.7 Å². The van der Waals surface area contributed by atoms with Crippen molar-refractivity contribution >= 4 is 43.7 Å². The van der Waals surface area contributed by atoms with Crippen LogP contribution in [0.4, 0.5) is 4.39 Å². The number of ether oxygens (including phenoxy) is 2. The minimum Gasteiger partial charge on any atom is -0.494 e. The van der Waals surface area contributed by atoms with E-state index in [1.165, 1.54) is 12.1 Å². The number of nitrogens with zero attached hydrogens (tertiary/aromatic N) is 1. The van der Waals surface area contributed by atoms with Gasteiger partial charge in [-0.25, -0.2) is 9.38 Å². The Morgan fingerprint density at radius 1 is 0.976 bits per heavy atom. The van der Waals surface area contributed by atoms with Crippen LogP contribution in [0.1, 0.15) is 34.8 Å². The van der Waals surface area contributed by atoms with Crippen LogP contribution in [0, 0.1) is 5.82 Å². The normalized spacial score (nSPS) is 17.8. The third kappa shape index (κ3) is 6.91. The smallest absolute Gasteiger partial charge is 0.252 e. The van der Waals surface area contributed by atoms with Gasteiger partial charge in [0, 0.05) is 40.5 Å². The Bertz CT molecular complexity index is 1550. The van der Waals surface area contributed by atoms with Crippen molar-refractivity contribution in [2.75, 3.05) is 13.2 Å². The Kier molecular flexibility index (Phi) is 9.72. The highest BCUT2D eigenvalue weighted by molar-refractivity contribution is 9.10. The number of halogens is 3. The zero-order valence-electron chi connectivity index (χ0n) is 22.6. The highest BCUT2D eigenvalue weighted by Crippen LogP contribution is 2.43. The minimum absolute atomic E-state index is 0.0585. The number of aliphatic imine (C=N–C) groups is 1. The fraction of sp³-hybridized carbons (Fsp3) is 0.212. The number of hydrogen-bond acceptors (Lipinski definition) is 5. The van der Waals surface area contributed by atoms with Gasteiger partial charge in [-0.3, -0.25) is 4.79 Å². The monoisotopic (exact) mass is 694 g/mol. The summed E-state index contributed by atoms with van der Waals surface area (Å²) in [7, 11) is 0. The van der Waals surface area contributed by atoms with Crippen LogP contribution in [0.2, 0.25) is 0 Å². The van der Waals surface area contributed by atoms with Crippen molar-refractivity contribution in [3.8, 4) is 5.75 Å². The van der Waals surface area contributed by atoms with Crippen LogP contribution < -0.4 is 10.1 Å². The summed E-state index contributed by atoms with van der Waals surface area (Å²) < 4.78 is 27.5. The van der Waals surface area contributed by atoms with Gasteiger partial charge in [0.05, 0.1) is 6.61 Å². The van der Waals surface area contributed by atoms with E-state index in [2.05, 4.69) is 37.2 Å². The molecule has 0 unspecified atom stereocenters. The average molecular weight is 696 g/mol. The maximum atomic E-state index is 14.3. The Morgan fingerprint density at radius 3 is 2.38 bits per heavy atom. The van der Waals surface area contributed by atoms with Gasteiger partial charge >= 0.3 is 0 Å². The molecule has 6 nitrogen and oxygen atoms in total. The topological polar surface area (TPSA) is 80.2 Å². The number of rotatable bonds is 11. The number of aliphatic hydroxyl groups is 1. The molecule has 0 aliphatic carbocycles. The molecule has 1 aliphatic rings. The molecule has 0 spiro atoms. The van der Waals surface area contributed by atoms with Crippen molar-refractivity contribution in [1.29, 1.82) is 0 Å². The van der Waals surface area contributed by atoms with Crippen LogP contribution >= 0.6 is 31.9 Å². The van der Waals surface area contributed by atoms with E-state index in [0.29, 0.717) is 30.2 Å². The maximum absolute atomic E-state index is 14.3. The number of carbonyl (C=O) groups is 1. The molecule has 42 heavy (non-hydrogen) atoms. The lowest BCUT2D eigenvalue weighted by Crippen LogP contribution is -2.49. The van der Waals surface area contributed by atoms with Gasteiger partial charge in [-0.15, -0.1) is 0 Å². The van der Waals surface area contributed by atoms with Crippen molar-refractivity contribution in [3.05, 3.63) is 134 Å². The van der Waals surface area contributed by atoms with E-state index in [4.69, 9.17) is 19.6 Å². The molecule has 5 rings (SSSR count). The van der Waals surface area contributed by atoms with Gasteiger partial charge in [-0.1, -0.05) is 74.3 Å². The molecule has 0 aromatic heterocycles. The van der Waals surface area contributed by atoms with Gasteiger partial charge < -0.3 is 19.9 Å². The molecule has 2 atom stereocenters. The summed E-state index contributed by atoms with van der Waals surface area (Å²) in [5.41, 5.74) is 1.80. The molecule has 4 aromatic rings. The second-order valence-corrected chi connectivity index (χ2v) is 11.7. The quantitative estimate of drug-likeness (QED) is 0.167. The molecule has 0 saturated heterocycles. The SMILES string of the molecule is O=C(NCc1ccc(F)cc1)[C@]1(Cc2ccccc2Br)N=C(c2ccc(OCCCO)cc2)O[C@@H]1c1ccc(Br)cc1. The molecule has 1 amide bonds. The standard InChI is InChI=1S/C33H29Br2FN2O4/c34-26-12-8-23(9-13-26)30-33(20-25-4-1-2-5-29(25)35,32(40)37-21-22-6-14-27(36)15-7-22)38-31(42-30)24-10-16-28(17-11-24)41-19-3-18-39/h1-2,4-17,30,39H,3,18-21H2,(H,37,40)/t30-,33-/m1/s1. The number of carbonyl (C=O) groups excluding carboxylic acids is 1. The largest absolute Gasteiger partial charge is 0.494 e. The Morgan fingerprint density at radius 2 is 1.69 bits per heavy atom. The number of nitrogens with one attached hydrogen (secondary N) is 1. The van der Waals surface area contributed by atoms with E-state index >= 15 is 0 Å². The van der Waals surface area contributed by atoms with E-state index in [1.807, 2.05) is 72.8 Å². The first-order valence-electron chi connectivity index (χ1n) is 13.5. The van der Waals surface area contributed by atoms with Crippen LogP contribution in [0.3, 0.4) is 0 Å². The van der Waals surface area contributed by atoms with Crippen molar-refractivity contribution in [3.63, 3.8) is 0 Å². The summed E-state index contributed by atoms with van der Waals surface area (Å²) in [6.07, 6.45) is 0.0641. The molecule has 0 saturated carbocycles. The second kappa shape index (κ2) is 13.6. The Labute approximate surface area is 260 Å². The number of amides is 1. The summed E-state index contributed by atoms with van der Waals surface area (Å²) in [6.45, 7) is 0.667. The lowest BCUT2D eigenvalue weighted by atomic mass is 9.82. The van der Waals surface area contributed by atoms with Crippen LogP contribution in [0.5, 0.6) is 5.75 Å². The van der Waals surface area contributed by atoms with E-state index in [1.54, 1.807) is 12.1 Å². The average Bonchev–Trinajstić information content (AvgIpc) is 3.39. The lowest BCUT2D eigenvalue weighted by molar-refractivity contribution is -0.129. The highest BCUT2D eigenvalue weighted by Gasteiger charge is 2.53. The first kappa shape index (κ1) is 29.9. The summed E-state index contributed by atoms with van der Waals surface area (Å²) in [4.78, 5) is 19.4. The Balaban J connectivity index is 1.55. The summed E-state index contributed by atoms with van der Waals surface area (Å²) in [6, 6.07) is 28.8. The molecule has 0 bridgehead atoms. The van der Waals surface area contributed by atoms with Gasteiger partial charge in [0.2, 0.25) is 5.90 Å². The summed E-state index contributed by atoms with van der Waals surface area (Å²) in [5, 5.41) is 12.1. The first-order chi connectivity index (χ1) is 20.4. The molecule has 216 valence electrons. The van der Waals surface area contributed by atoms with Gasteiger partial charge in [0.1, 0.15) is 11.6 Å². The maximum Gasteiger partial charge on any atom is 0.252 e. The van der Waals surface area contributed by atoms with Crippen molar-refractivity contribution < 1.29 is 23.8 Å². The van der Waals surface area contributed by atoms with E-state index < -0.39 is 11.6 Å².